The van der Waals surface area contributed by atoms with Crippen molar-refractivity contribution in [3.05, 3.63) is 66.1 Å². The molecule has 2 aromatic carbocycles. The van der Waals surface area contributed by atoms with Gasteiger partial charge in [0.1, 0.15) is 18.2 Å². The van der Waals surface area contributed by atoms with Gasteiger partial charge in [-0.15, -0.1) is 0 Å². The van der Waals surface area contributed by atoms with Gasteiger partial charge in [-0.2, -0.15) is 0 Å². The van der Waals surface area contributed by atoms with E-state index >= 15 is 0 Å². The SMILES string of the molecule is COC(=O)Nc1ccc(OCc2ccc(F)c3cccnc23)cc1. The average Bonchev–Trinajstić information content (AvgIpc) is 2.62. The zero-order valence-corrected chi connectivity index (χ0v) is 13.0. The van der Waals surface area contributed by atoms with Crippen molar-refractivity contribution in [2.45, 2.75) is 6.61 Å². The molecule has 24 heavy (non-hydrogen) atoms. The van der Waals surface area contributed by atoms with Crippen LogP contribution in [0, 0.1) is 5.82 Å². The Morgan fingerprint density at radius 1 is 1.17 bits per heavy atom. The third kappa shape index (κ3) is 3.43. The average molecular weight is 326 g/mol. The van der Waals surface area contributed by atoms with Crippen molar-refractivity contribution in [1.29, 1.82) is 0 Å². The third-order valence-corrected chi connectivity index (χ3v) is 3.48. The summed E-state index contributed by atoms with van der Waals surface area (Å²) in [7, 11) is 1.30. The molecule has 3 rings (SSSR count). The number of ether oxygens (including phenoxy) is 2. The number of nitrogens with one attached hydrogen (secondary N) is 1. The molecule has 1 aromatic heterocycles. The van der Waals surface area contributed by atoms with E-state index in [4.69, 9.17) is 4.74 Å². The zero-order chi connectivity index (χ0) is 16.9. The lowest BCUT2D eigenvalue weighted by molar-refractivity contribution is 0.187. The minimum absolute atomic E-state index is 0.261. The molecule has 0 aliphatic heterocycles. The summed E-state index contributed by atoms with van der Waals surface area (Å²) >= 11 is 0. The molecule has 0 unspecified atom stereocenters. The highest BCUT2D eigenvalue weighted by molar-refractivity contribution is 5.84. The van der Waals surface area contributed by atoms with E-state index < -0.39 is 6.09 Å². The van der Waals surface area contributed by atoms with E-state index in [1.54, 1.807) is 48.7 Å². The van der Waals surface area contributed by atoms with Gasteiger partial charge in [0.05, 0.1) is 12.6 Å². The van der Waals surface area contributed by atoms with E-state index in [1.165, 1.54) is 13.2 Å². The van der Waals surface area contributed by atoms with Crippen LogP contribution in [0.25, 0.3) is 10.9 Å². The van der Waals surface area contributed by atoms with Crippen LogP contribution in [0.2, 0.25) is 0 Å². The molecule has 1 N–H and O–H groups in total. The number of carbonyl (C=O) groups is 1. The first kappa shape index (κ1) is 15.7. The van der Waals surface area contributed by atoms with Gasteiger partial charge in [-0.1, -0.05) is 6.07 Å². The van der Waals surface area contributed by atoms with E-state index in [0.29, 0.717) is 22.3 Å². The van der Waals surface area contributed by atoms with Gasteiger partial charge in [0.15, 0.2) is 0 Å². The van der Waals surface area contributed by atoms with Gasteiger partial charge >= 0.3 is 6.09 Å². The van der Waals surface area contributed by atoms with Crippen molar-refractivity contribution >= 4 is 22.7 Å². The van der Waals surface area contributed by atoms with Crippen LogP contribution in [0.15, 0.2) is 54.7 Å². The van der Waals surface area contributed by atoms with Crippen LogP contribution < -0.4 is 10.1 Å². The summed E-state index contributed by atoms with van der Waals surface area (Å²) in [5.41, 5.74) is 1.98. The number of benzene rings is 2. The lowest BCUT2D eigenvalue weighted by Crippen LogP contribution is -2.10. The number of fused-ring (bicyclic) bond motifs is 1. The largest absolute Gasteiger partial charge is 0.489 e. The Morgan fingerprint density at radius 2 is 1.96 bits per heavy atom. The minimum atomic E-state index is -0.535. The Hall–Kier alpha value is -3.15. The first-order valence-electron chi connectivity index (χ1n) is 7.27. The molecule has 1 amide bonds. The number of nitrogens with zero attached hydrogens (tertiary/aromatic N) is 1. The molecular formula is C18H15FN2O3. The van der Waals surface area contributed by atoms with Crippen LogP contribution in [0.3, 0.4) is 0 Å². The van der Waals surface area contributed by atoms with E-state index in [0.717, 1.165) is 5.56 Å². The fourth-order valence-electron chi connectivity index (χ4n) is 2.28. The molecule has 0 atom stereocenters. The van der Waals surface area contributed by atoms with Crippen molar-refractivity contribution < 1.29 is 18.7 Å². The second kappa shape index (κ2) is 6.95. The number of amides is 1. The molecular weight excluding hydrogens is 311 g/mol. The van der Waals surface area contributed by atoms with E-state index in [2.05, 4.69) is 15.0 Å². The van der Waals surface area contributed by atoms with Gasteiger partial charge in [0.2, 0.25) is 0 Å². The summed E-state index contributed by atoms with van der Waals surface area (Å²) in [6.07, 6.45) is 1.09. The first-order valence-corrected chi connectivity index (χ1v) is 7.27. The topological polar surface area (TPSA) is 60.5 Å². The highest BCUT2D eigenvalue weighted by Crippen LogP contribution is 2.22. The normalized spacial score (nSPS) is 10.4. The molecule has 0 saturated carbocycles. The number of hydrogen-bond donors (Lipinski definition) is 1. The fourth-order valence-corrected chi connectivity index (χ4v) is 2.28. The second-order valence-electron chi connectivity index (χ2n) is 5.04. The van der Waals surface area contributed by atoms with Gasteiger partial charge < -0.3 is 9.47 Å². The van der Waals surface area contributed by atoms with Crippen molar-refractivity contribution in [3.63, 3.8) is 0 Å². The summed E-state index contributed by atoms with van der Waals surface area (Å²) in [5.74, 6) is 0.318. The van der Waals surface area contributed by atoms with Gasteiger partial charge in [0, 0.05) is 22.8 Å². The summed E-state index contributed by atoms with van der Waals surface area (Å²) < 4.78 is 24.0. The number of pyridine rings is 1. The predicted octanol–water partition coefficient (Wildman–Crippen LogP) is 4.13. The Labute approximate surface area is 138 Å². The third-order valence-electron chi connectivity index (χ3n) is 3.48. The van der Waals surface area contributed by atoms with Crippen molar-refractivity contribution in [3.8, 4) is 5.75 Å². The predicted molar refractivity (Wildman–Crippen MR) is 88.5 cm³/mol. The van der Waals surface area contributed by atoms with Crippen molar-refractivity contribution in [1.82, 2.24) is 4.98 Å². The smallest absolute Gasteiger partial charge is 0.411 e. The molecule has 0 radical (unpaired) electrons. The second-order valence-corrected chi connectivity index (χ2v) is 5.04. The number of rotatable bonds is 4. The molecule has 0 fully saturated rings. The summed E-state index contributed by atoms with van der Waals surface area (Å²) in [4.78, 5) is 15.4. The van der Waals surface area contributed by atoms with E-state index in [-0.39, 0.29) is 12.4 Å². The van der Waals surface area contributed by atoms with E-state index in [1.807, 2.05) is 0 Å². The van der Waals surface area contributed by atoms with Gasteiger partial charge in [-0.3, -0.25) is 10.3 Å². The van der Waals surface area contributed by atoms with Crippen LogP contribution >= 0.6 is 0 Å². The highest BCUT2D eigenvalue weighted by Gasteiger charge is 2.07. The van der Waals surface area contributed by atoms with Crippen LogP contribution in [-0.2, 0) is 11.3 Å². The van der Waals surface area contributed by atoms with Gasteiger partial charge in [-0.25, -0.2) is 9.18 Å². The molecule has 6 heteroatoms. The summed E-state index contributed by atoms with van der Waals surface area (Å²) in [6.45, 7) is 0.261. The number of carbonyl (C=O) groups excluding carboxylic acids is 1. The number of anilines is 1. The quantitative estimate of drug-likeness (QED) is 0.783. The molecule has 0 saturated heterocycles. The maximum absolute atomic E-state index is 13.8. The lowest BCUT2D eigenvalue weighted by atomic mass is 10.1. The van der Waals surface area contributed by atoms with Crippen LogP contribution in [0.4, 0.5) is 14.9 Å². The number of hydrogen-bond acceptors (Lipinski definition) is 4. The Kier molecular flexibility index (Phi) is 4.56. The van der Waals surface area contributed by atoms with E-state index in [9.17, 15) is 9.18 Å². The van der Waals surface area contributed by atoms with Gasteiger partial charge in [-0.05, 0) is 42.5 Å². The standard InChI is InChI=1S/C18H15FN2O3/c1-23-18(22)21-13-5-7-14(8-6-13)24-11-12-4-9-16(19)15-3-2-10-20-17(12)15/h2-10H,11H2,1H3,(H,21,22). The van der Waals surface area contributed by atoms with Crippen LogP contribution in [-0.4, -0.2) is 18.2 Å². The van der Waals surface area contributed by atoms with Crippen LogP contribution in [0.1, 0.15) is 5.56 Å². The number of halogens is 1. The molecule has 0 aliphatic rings. The minimum Gasteiger partial charge on any atom is -0.489 e. The Balaban J connectivity index is 1.72. The summed E-state index contributed by atoms with van der Waals surface area (Å²) in [6, 6.07) is 13.3. The monoisotopic (exact) mass is 326 g/mol. The fraction of sp³-hybridized carbons (Fsp3) is 0.111. The Morgan fingerprint density at radius 3 is 2.71 bits per heavy atom. The molecule has 122 valence electrons. The molecule has 5 nitrogen and oxygen atoms in total. The molecule has 1 heterocycles. The number of aromatic nitrogens is 1. The maximum atomic E-state index is 13.8. The molecule has 3 aromatic rings. The molecule has 0 bridgehead atoms. The zero-order valence-electron chi connectivity index (χ0n) is 13.0. The summed E-state index contributed by atoms with van der Waals surface area (Å²) in [5, 5.41) is 3.02. The van der Waals surface area contributed by atoms with Crippen molar-refractivity contribution in [2.24, 2.45) is 0 Å². The van der Waals surface area contributed by atoms with Crippen LogP contribution in [0.5, 0.6) is 5.75 Å². The molecule has 0 spiro atoms. The lowest BCUT2D eigenvalue weighted by Gasteiger charge is -2.10. The number of methoxy groups -OCH3 is 1. The highest BCUT2D eigenvalue weighted by atomic mass is 19.1. The molecule has 0 aliphatic carbocycles. The Bertz CT molecular complexity index is 866. The first-order chi connectivity index (χ1) is 11.7. The van der Waals surface area contributed by atoms with Gasteiger partial charge in [0.25, 0.3) is 0 Å². The maximum Gasteiger partial charge on any atom is 0.411 e. The van der Waals surface area contributed by atoms with Crippen molar-refractivity contribution in [2.75, 3.05) is 12.4 Å².